The molecule has 0 atom stereocenters. The van der Waals surface area contributed by atoms with E-state index in [1.54, 1.807) is 11.0 Å². The second-order valence-electron chi connectivity index (χ2n) is 4.95. The highest BCUT2D eigenvalue weighted by atomic mass is 16.2. The number of hydrogen-bond donors (Lipinski definition) is 2. The smallest absolute Gasteiger partial charge is 0.321 e. The predicted octanol–water partition coefficient (Wildman–Crippen LogP) is 2.91. The molecule has 20 heavy (non-hydrogen) atoms. The minimum atomic E-state index is -0.124. The van der Waals surface area contributed by atoms with E-state index < -0.39 is 0 Å². The monoisotopic (exact) mass is 275 g/mol. The Bertz CT molecular complexity index is 494. The van der Waals surface area contributed by atoms with Crippen LogP contribution < -0.4 is 10.6 Å². The zero-order valence-electron chi connectivity index (χ0n) is 12.0. The number of urea groups is 1. The van der Waals surface area contributed by atoms with Crippen molar-refractivity contribution in [3.05, 3.63) is 24.3 Å². The Morgan fingerprint density at radius 2 is 1.75 bits per heavy atom. The van der Waals surface area contributed by atoms with E-state index in [2.05, 4.69) is 10.6 Å². The Labute approximate surface area is 119 Å². The van der Waals surface area contributed by atoms with Crippen LogP contribution in [0.25, 0.3) is 0 Å². The molecule has 0 unspecified atom stereocenters. The highest BCUT2D eigenvalue weighted by Gasteiger charge is 2.29. The average molecular weight is 275 g/mol. The van der Waals surface area contributed by atoms with Crippen LogP contribution in [0.5, 0.6) is 0 Å². The van der Waals surface area contributed by atoms with E-state index in [1.807, 2.05) is 32.0 Å². The van der Waals surface area contributed by atoms with Gasteiger partial charge >= 0.3 is 6.03 Å². The number of carbonyl (C=O) groups excluding carboxylic acids is 2. The van der Waals surface area contributed by atoms with E-state index in [9.17, 15) is 9.59 Å². The number of amides is 3. The topological polar surface area (TPSA) is 61.4 Å². The Kier molecular flexibility index (Phi) is 4.61. The van der Waals surface area contributed by atoms with Gasteiger partial charge in [0.15, 0.2) is 0 Å². The van der Waals surface area contributed by atoms with Crippen molar-refractivity contribution in [3.63, 3.8) is 0 Å². The highest BCUT2D eigenvalue weighted by Crippen LogP contribution is 2.30. The summed E-state index contributed by atoms with van der Waals surface area (Å²) in [6, 6.07) is 7.12. The van der Waals surface area contributed by atoms with Gasteiger partial charge in [-0.05, 0) is 44.9 Å². The van der Waals surface area contributed by atoms with Crippen molar-refractivity contribution < 1.29 is 9.59 Å². The van der Waals surface area contributed by atoms with Gasteiger partial charge in [0.05, 0.1) is 0 Å². The Balaban J connectivity index is 1.98. The summed E-state index contributed by atoms with van der Waals surface area (Å²) in [6.45, 7) is 5.21. The molecule has 2 N–H and O–H groups in total. The van der Waals surface area contributed by atoms with Gasteiger partial charge < -0.3 is 15.5 Å². The van der Waals surface area contributed by atoms with E-state index >= 15 is 0 Å². The van der Waals surface area contributed by atoms with Gasteiger partial charge in [0.25, 0.3) is 0 Å². The maximum Gasteiger partial charge on any atom is 0.321 e. The molecule has 1 saturated carbocycles. The quantitative estimate of drug-likeness (QED) is 0.868. The summed E-state index contributed by atoms with van der Waals surface area (Å²) in [6.07, 6.45) is 1.95. The Hall–Kier alpha value is -2.04. The third-order valence-corrected chi connectivity index (χ3v) is 3.38. The minimum absolute atomic E-state index is 0.0669. The molecular weight excluding hydrogens is 254 g/mol. The van der Waals surface area contributed by atoms with Crippen molar-refractivity contribution in [2.75, 3.05) is 23.7 Å². The fraction of sp³-hybridized carbons (Fsp3) is 0.467. The van der Waals surface area contributed by atoms with Gasteiger partial charge in [-0.15, -0.1) is 0 Å². The number of hydrogen-bond acceptors (Lipinski definition) is 2. The van der Waals surface area contributed by atoms with E-state index in [4.69, 9.17) is 0 Å². The molecular formula is C15H21N3O2. The van der Waals surface area contributed by atoms with Crippen LogP contribution in [-0.2, 0) is 4.79 Å². The lowest BCUT2D eigenvalue weighted by molar-refractivity contribution is -0.117. The van der Waals surface area contributed by atoms with Crippen LogP contribution >= 0.6 is 0 Å². The third kappa shape index (κ3) is 3.73. The molecule has 2 rings (SSSR count). The largest absolute Gasteiger partial charge is 0.326 e. The lowest BCUT2D eigenvalue weighted by Gasteiger charge is -2.19. The molecule has 1 fully saturated rings. The van der Waals surface area contributed by atoms with E-state index in [-0.39, 0.29) is 17.9 Å². The SMILES string of the molecule is CCN(CC)C(=O)Nc1cccc(NC(=O)C2CC2)c1. The van der Waals surface area contributed by atoms with E-state index in [0.29, 0.717) is 18.8 Å². The Morgan fingerprint density at radius 1 is 1.15 bits per heavy atom. The summed E-state index contributed by atoms with van der Waals surface area (Å²) < 4.78 is 0. The van der Waals surface area contributed by atoms with Crippen LogP contribution in [0.1, 0.15) is 26.7 Å². The summed E-state index contributed by atoms with van der Waals surface area (Å²) in [5.41, 5.74) is 1.41. The van der Waals surface area contributed by atoms with Crippen molar-refractivity contribution in [3.8, 4) is 0 Å². The van der Waals surface area contributed by atoms with Crippen LogP contribution in [0.3, 0.4) is 0 Å². The van der Waals surface area contributed by atoms with Gasteiger partial charge in [0.1, 0.15) is 0 Å². The molecule has 5 heteroatoms. The predicted molar refractivity (Wildman–Crippen MR) is 79.7 cm³/mol. The summed E-state index contributed by atoms with van der Waals surface area (Å²) in [5.74, 6) is 0.237. The van der Waals surface area contributed by atoms with Crippen LogP contribution in [0, 0.1) is 5.92 Å². The van der Waals surface area contributed by atoms with Crippen LogP contribution in [0.15, 0.2) is 24.3 Å². The summed E-state index contributed by atoms with van der Waals surface area (Å²) in [7, 11) is 0. The second kappa shape index (κ2) is 6.41. The first-order valence-electron chi connectivity index (χ1n) is 7.11. The molecule has 1 aliphatic carbocycles. The molecule has 108 valence electrons. The zero-order chi connectivity index (χ0) is 14.5. The molecule has 3 amide bonds. The van der Waals surface area contributed by atoms with Crippen molar-refractivity contribution in [1.29, 1.82) is 0 Å². The third-order valence-electron chi connectivity index (χ3n) is 3.38. The fourth-order valence-electron chi connectivity index (χ4n) is 1.98. The number of nitrogens with one attached hydrogen (secondary N) is 2. The highest BCUT2D eigenvalue weighted by molar-refractivity contribution is 5.95. The van der Waals surface area contributed by atoms with Gasteiger partial charge in [-0.1, -0.05) is 6.07 Å². The van der Waals surface area contributed by atoms with E-state index in [1.165, 1.54) is 0 Å². The summed E-state index contributed by atoms with van der Waals surface area (Å²) >= 11 is 0. The molecule has 0 bridgehead atoms. The number of benzene rings is 1. The van der Waals surface area contributed by atoms with Gasteiger partial charge in [0.2, 0.25) is 5.91 Å². The van der Waals surface area contributed by atoms with Crippen molar-refractivity contribution in [2.24, 2.45) is 5.92 Å². The lowest BCUT2D eigenvalue weighted by Crippen LogP contribution is -2.34. The average Bonchev–Trinajstić information content (AvgIpc) is 3.24. The summed E-state index contributed by atoms with van der Waals surface area (Å²) in [5, 5.41) is 5.71. The van der Waals surface area contributed by atoms with Crippen LogP contribution in [0.4, 0.5) is 16.2 Å². The first-order chi connectivity index (χ1) is 9.63. The standard InChI is InChI=1S/C15H21N3O2/c1-3-18(4-2)15(20)17-13-7-5-6-12(10-13)16-14(19)11-8-9-11/h5-7,10-11H,3-4,8-9H2,1-2H3,(H,16,19)(H,17,20). The number of carbonyl (C=O) groups is 2. The molecule has 5 nitrogen and oxygen atoms in total. The number of anilines is 2. The molecule has 0 radical (unpaired) electrons. The van der Waals surface area contributed by atoms with E-state index in [0.717, 1.165) is 18.5 Å². The minimum Gasteiger partial charge on any atom is -0.326 e. The first kappa shape index (κ1) is 14.4. The Morgan fingerprint density at radius 3 is 2.30 bits per heavy atom. The number of nitrogens with zero attached hydrogens (tertiary/aromatic N) is 1. The van der Waals surface area contributed by atoms with Gasteiger partial charge in [-0.3, -0.25) is 4.79 Å². The molecule has 0 aromatic heterocycles. The van der Waals surface area contributed by atoms with Gasteiger partial charge in [-0.2, -0.15) is 0 Å². The van der Waals surface area contributed by atoms with Crippen molar-refractivity contribution in [1.82, 2.24) is 4.90 Å². The fourth-order valence-corrected chi connectivity index (χ4v) is 1.98. The normalized spacial score (nSPS) is 13.7. The molecule has 0 heterocycles. The van der Waals surface area contributed by atoms with Gasteiger partial charge in [-0.25, -0.2) is 4.79 Å². The van der Waals surface area contributed by atoms with Crippen LogP contribution in [-0.4, -0.2) is 29.9 Å². The van der Waals surface area contributed by atoms with Crippen molar-refractivity contribution >= 4 is 23.3 Å². The molecule has 1 aliphatic rings. The van der Waals surface area contributed by atoms with Gasteiger partial charge in [0, 0.05) is 30.4 Å². The summed E-state index contributed by atoms with van der Waals surface area (Å²) in [4.78, 5) is 25.4. The maximum absolute atomic E-state index is 12.0. The maximum atomic E-state index is 12.0. The second-order valence-corrected chi connectivity index (χ2v) is 4.95. The molecule has 1 aromatic carbocycles. The van der Waals surface area contributed by atoms with Crippen molar-refractivity contribution in [2.45, 2.75) is 26.7 Å². The zero-order valence-corrected chi connectivity index (χ0v) is 12.0. The molecule has 0 saturated heterocycles. The molecule has 0 aliphatic heterocycles. The van der Waals surface area contributed by atoms with Crippen LogP contribution in [0.2, 0.25) is 0 Å². The lowest BCUT2D eigenvalue weighted by atomic mass is 10.2. The number of rotatable bonds is 5. The molecule has 1 aromatic rings. The molecule has 0 spiro atoms. The first-order valence-corrected chi connectivity index (χ1v) is 7.11.